The molecule has 32 heavy (non-hydrogen) atoms. The lowest BCUT2D eigenvalue weighted by molar-refractivity contribution is 0.0951. The van der Waals surface area contributed by atoms with Crippen molar-refractivity contribution in [3.05, 3.63) is 82.0 Å². The molecule has 168 valence electrons. The fourth-order valence-corrected chi connectivity index (χ4v) is 3.88. The van der Waals surface area contributed by atoms with E-state index >= 15 is 0 Å². The number of thiophene rings is 1. The number of methoxy groups -OCH3 is 1. The van der Waals surface area contributed by atoms with Crippen LogP contribution in [0.1, 0.15) is 26.8 Å². The highest BCUT2D eigenvalue weighted by Gasteiger charge is 2.16. The Balaban J connectivity index is 1.56. The van der Waals surface area contributed by atoms with Gasteiger partial charge in [-0.05, 0) is 61.4 Å². The molecular weight excluding hydrogens is 424 g/mol. The molecule has 0 bridgehead atoms. The van der Waals surface area contributed by atoms with Crippen molar-refractivity contribution >= 4 is 29.0 Å². The zero-order valence-corrected chi connectivity index (χ0v) is 19.2. The van der Waals surface area contributed by atoms with Crippen molar-refractivity contribution in [1.82, 2.24) is 15.5 Å². The standard InChI is InChI=1S/C24H28N4O3S/c1-28(2)22(17-7-5-10-20(14-17)31-3)16-26-24(30)27-19-9-4-8-18(13-19)23(29)25-15-21-11-6-12-32-21/h4-14,22H,15-16H2,1-3H3,(H,25,29)(H2,26,27,30). The lowest BCUT2D eigenvalue weighted by Gasteiger charge is -2.25. The van der Waals surface area contributed by atoms with Crippen molar-refractivity contribution in [2.45, 2.75) is 12.6 Å². The van der Waals surface area contributed by atoms with Gasteiger partial charge in [-0.3, -0.25) is 4.79 Å². The van der Waals surface area contributed by atoms with Crippen molar-refractivity contribution in [3.63, 3.8) is 0 Å². The molecule has 0 spiro atoms. The zero-order chi connectivity index (χ0) is 22.9. The molecule has 3 aromatic rings. The summed E-state index contributed by atoms with van der Waals surface area (Å²) in [6.45, 7) is 0.887. The van der Waals surface area contributed by atoms with Gasteiger partial charge in [0, 0.05) is 22.7 Å². The SMILES string of the molecule is COc1cccc(C(CNC(=O)Nc2cccc(C(=O)NCc3cccs3)c2)N(C)C)c1. The molecule has 8 heteroatoms. The lowest BCUT2D eigenvalue weighted by Crippen LogP contribution is -2.37. The highest BCUT2D eigenvalue weighted by molar-refractivity contribution is 7.09. The Morgan fingerprint density at radius 1 is 1.03 bits per heavy atom. The Labute approximate surface area is 192 Å². The number of rotatable bonds is 9. The summed E-state index contributed by atoms with van der Waals surface area (Å²) < 4.78 is 5.31. The minimum absolute atomic E-state index is 0.0230. The van der Waals surface area contributed by atoms with Gasteiger partial charge in [-0.1, -0.05) is 24.3 Å². The van der Waals surface area contributed by atoms with E-state index in [0.29, 0.717) is 24.3 Å². The molecule has 1 unspecified atom stereocenters. The number of nitrogens with zero attached hydrogens (tertiary/aromatic N) is 1. The number of benzene rings is 2. The van der Waals surface area contributed by atoms with E-state index in [0.717, 1.165) is 16.2 Å². The normalized spacial score (nSPS) is 11.6. The first kappa shape index (κ1) is 23.3. The summed E-state index contributed by atoms with van der Waals surface area (Å²) in [4.78, 5) is 28.0. The molecular formula is C24H28N4O3S. The summed E-state index contributed by atoms with van der Waals surface area (Å²) >= 11 is 1.59. The first-order valence-electron chi connectivity index (χ1n) is 10.2. The van der Waals surface area contributed by atoms with Gasteiger partial charge in [0.05, 0.1) is 19.7 Å². The topological polar surface area (TPSA) is 82.7 Å². The van der Waals surface area contributed by atoms with Gasteiger partial charge in [0.1, 0.15) is 5.75 Å². The third-order valence-electron chi connectivity index (χ3n) is 4.94. The van der Waals surface area contributed by atoms with Gasteiger partial charge in [-0.2, -0.15) is 0 Å². The molecule has 1 heterocycles. The second-order valence-electron chi connectivity index (χ2n) is 7.43. The molecule has 0 saturated heterocycles. The van der Waals surface area contributed by atoms with Gasteiger partial charge >= 0.3 is 6.03 Å². The number of carbonyl (C=O) groups excluding carboxylic acids is 2. The average molecular weight is 453 g/mol. The van der Waals surface area contributed by atoms with Crippen LogP contribution in [0, 0.1) is 0 Å². The van der Waals surface area contributed by atoms with Crippen molar-refractivity contribution in [2.24, 2.45) is 0 Å². The van der Waals surface area contributed by atoms with Crippen LogP contribution >= 0.6 is 11.3 Å². The van der Waals surface area contributed by atoms with E-state index in [1.165, 1.54) is 0 Å². The van der Waals surface area contributed by atoms with Gasteiger partial charge in [-0.15, -0.1) is 11.3 Å². The van der Waals surface area contributed by atoms with Gasteiger partial charge in [0.2, 0.25) is 0 Å². The minimum atomic E-state index is -0.337. The number of likely N-dealkylation sites (N-methyl/N-ethyl adjacent to an activating group) is 1. The molecule has 1 aromatic heterocycles. The fourth-order valence-electron chi connectivity index (χ4n) is 3.23. The van der Waals surface area contributed by atoms with Gasteiger partial charge in [0.25, 0.3) is 5.91 Å². The predicted molar refractivity (Wildman–Crippen MR) is 128 cm³/mol. The van der Waals surface area contributed by atoms with E-state index in [2.05, 4.69) is 16.0 Å². The van der Waals surface area contributed by atoms with Crippen molar-refractivity contribution in [2.75, 3.05) is 33.1 Å². The molecule has 7 nitrogen and oxygen atoms in total. The average Bonchev–Trinajstić information content (AvgIpc) is 3.31. The predicted octanol–water partition coefficient (Wildman–Crippen LogP) is 4.11. The highest BCUT2D eigenvalue weighted by atomic mass is 32.1. The molecule has 0 saturated carbocycles. The number of hydrogen-bond acceptors (Lipinski definition) is 5. The summed E-state index contributed by atoms with van der Waals surface area (Å²) in [5.74, 6) is 0.584. The van der Waals surface area contributed by atoms with Crippen LogP contribution in [-0.2, 0) is 6.54 Å². The second kappa shape index (κ2) is 11.3. The quantitative estimate of drug-likeness (QED) is 0.456. The Hall–Kier alpha value is -3.36. The van der Waals surface area contributed by atoms with Gasteiger partial charge in [0.15, 0.2) is 0 Å². The maximum atomic E-state index is 12.5. The van der Waals surface area contributed by atoms with Gasteiger partial charge < -0.3 is 25.6 Å². The molecule has 3 N–H and O–H groups in total. The second-order valence-corrected chi connectivity index (χ2v) is 8.47. The third-order valence-corrected chi connectivity index (χ3v) is 5.82. The molecule has 0 fully saturated rings. The summed E-state index contributed by atoms with van der Waals surface area (Å²) in [5.41, 5.74) is 2.08. The molecule has 1 atom stereocenters. The van der Waals surface area contributed by atoms with Crippen LogP contribution < -0.4 is 20.7 Å². The summed E-state index contributed by atoms with van der Waals surface area (Å²) in [6.07, 6.45) is 0. The molecule has 2 aromatic carbocycles. The third kappa shape index (κ3) is 6.57. The number of ether oxygens (including phenoxy) is 1. The minimum Gasteiger partial charge on any atom is -0.497 e. The van der Waals surface area contributed by atoms with Gasteiger partial charge in [-0.25, -0.2) is 4.79 Å². The number of nitrogens with one attached hydrogen (secondary N) is 3. The summed E-state index contributed by atoms with van der Waals surface area (Å²) in [7, 11) is 5.55. The molecule has 0 radical (unpaired) electrons. The van der Waals surface area contributed by atoms with E-state index in [-0.39, 0.29) is 18.0 Å². The lowest BCUT2D eigenvalue weighted by atomic mass is 10.1. The largest absolute Gasteiger partial charge is 0.497 e. The van der Waals surface area contributed by atoms with Crippen molar-refractivity contribution < 1.29 is 14.3 Å². The summed E-state index contributed by atoms with van der Waals surface area (Å²) in [6, 6.07) is 18.2. The van der Waals surface area contributed by atoms with Crippen LogP contribution in [0.5, 0.6) is 5.75 Å². The molecule has 0 aliphatic rings. The number of carbonyl (C=O) groups is 2. The highest BCUT2D eigenvalue weighted by Crippen LogP contribution is 2.22. The Kier molecular flexibility index (Phi) is 8.24. The van der Waals surface area contributed by atoms with Crippen LogP contribution in [0.25, 0.3) is 0 Å². The van der Waals surface area contributed by atoms with E-state index in [9.17, 15) is 9.59 Å². The molecule has 0 aliphatic heterocycles. The van der Waals surface area contributed by atoms with E-state index in [4.69, 9.17) is 4.74 Å². The monoisotopic (exact) mass is 452 g/mol. The maximum Gasteiger partial charge on any atom is 0.319 e. The van der Waals surface area contributed by atoms with Crippen molar-refractivity contribution in [3.8, 4) is 5.75 Å². The van der Waals surface area contributed by atoms with Crippen LogP contribution in [-0.4, -0.2) is 44.6 Å². The Morgan fingerprint density at radius 2 is 1.84 bits per heavy atom. The molecule has 0 aliphatic carbocycles. The number of amides is 3. The maximum absolute atomic E-state index is 12.5. The summed E-state index contributed by atoms with van der Waals surface area (Å²) in [5, 5.41) is 10.6. The van der Waals surface area contributed by atoms with E-state index < -0.39 is 0 Å². The zero-order valence-electron chi connectivity index (χ0n) is 18.4. The molecule has 3 amide bonds. The number of hydrogen-bond donors (Lipinski definition) is 3. The van der Waals surface area contributed by atoms with E-state index in [1.54, 1.807) is 42.7 Å². The van der Waals surface area contributed by atoms with Crippen LogP contribution in [0.4, 0.5) is 10.5 Å². The Bertz CT molecular complexity index is 1040. The van der Waals surface area contributed by atoms with E-state index in [1.807, 2.05) is 60.8 Å². The van der Waals surface area contributed by atoms with Crippen LogP contribution in [0.3, 0.4) is 0 Å². The number of anilines is 1. The fraction of sp³-hybridized carbons (Fsp3) is 0.250. The van der Waals surface area contributed by atoms with Crippen LogP contribution in [0.2, 0.25) is 0 Å². The first-order chi connectivity index (χ1) is 15.5. The first-order valence-corrected chi connectivity index (χ1v) is 11.1. The molecule has 3 rings (SSSR count). The smallest absolute Gasteiger partial charge is 0.319 e. The number of urea groups is 1. The van der Waals surface area contributed by atoms with Crippen molar-refractivity contribution in [1.29, 1.82) is 0 Å². The Morgan fingerprint density at radius 3 is 2.56 bits per heavy atom. The van der Waals surface area contributed by atoms with Crippen LogP contribution in [0.15, 0.2) is 66.0 Å².